The molecule has 0 aliphatic carbocycles. The third-order valence-electron chi connectivity index (χ3n) is 5.72. The van der Waals surface area contributed by atoms with Gasteiger partial charge in [0.05, 0.1) is 0 Å². The minimum Gasteiger partial charge on any atom is -0.459 e. The van der Waals surface area contributed by atoms with Crippen LogP contribution in [0, 0.1) is 6.92 Å². The number of fused-ring (bicyclic) bond motifs is 2. The summed E-state index contributed by atoms with van der Waals surface area (Å²) >= 11 is 0. The molecular weight excluding hydrogens is 503 g/mol. The number of aliphatic imine (C=N–C) groups is 1. The van der Waals surface area contributed by atoms with Crippen LogP contribution in [0.15, 0.2) is 33.7 Å². The molecule has 0 amide bonds. The van der Waals surface area contributed by atoms with E-state index in [0.29, 0.717) is 6.54 Å². The molecule has 0 atom stereocenters. The molecule has 0 radical (unpaired) electrons. The SMILES string of the molecule is CCNC(=NCc1oc2ccccc2c1C)NCCCc1nnc2n1CCCCC2.I. The zero-order valence-corrected chi connectivity index (χ0v) is 20.8. The molecular formula is C23H33IN6O. The number of hydrogen-bond acceptors (Lipinski definition) is 4. The molecule has 0 fully saturated rings. The van der Waals surface area contributed by atoms with Crippen LogP contribution < -0.4 is 10.6 Å². The second-order valence-corrected chi connectivity index (χ2v) is 7.87. The summed E-state index contributed by atoms with van der Waals surface area (Å²) in [5, 5.41) is 16.7. The van der Waals surface area contributed by atoms with Crippen molar-refractivity contribution in [2.45, 2.75) is 65.5 Å². The van der Waals surface area contributed by atoms with Crippen LogP contribution in [-0.2, 0) is 25.9 Å². The highest BCUT2D eigenvalue weighted by Gasteiger charge is 2.14. The van der Waals surface area contributed by atoms with Crippen molar-refractivity contribution < 1.29 is 4.42 Å². The highest BCUT2D eigenvalue weighted by Crippen LogP contribution is 2.25. The molecule has 0 saturated carbocycles. The molecule has 1 aromatic carbocycles. The number of para-hydroxylation sites is 1. The fourth-order valence-corrected chi connectivity index (χ4v) is 4.05. The second-order valence-electron chi connectivity index (χ2n) is 7.87. The maximum Gasteiger partial charge on any atom is 0.191 e. The fourth-order valence-electron chi connectivity index (χ4n) is 4.05. The van der Waals surface area contributed by atoms with E-state index in [1.807, 2.05) is 18.2 Å². The fraction of sp³-hybridized carbons (Fsp3) is 0.522. The summed E-state index contributed by atoms with van der Waals surface area (Å²) in [5.74, 6) is 4.01. The average molecular weight is 536 g/mol. The Morgan fingerprint density at radius 2 is 2.03 bits per heavy atom. The highest BCUT2D eigenvalue weighted by atomic mass is 127. The van der Waals surface area contributed by atoms with Gasteiger partial charge in [-0.3, -0.25) is 0 Å². The summed E-state index contributed by atoms with van der Waals surface area (Å²) in [6, 6.07) is 8.14. The van der Waals surface area contributed by atoms with Crippen LogP contribution in [0.4, 0.5) is 0 Å². The van der Waals surface area contributed by atoms with Crippen LogP contribution in [0.3, 0.4) is 0 Å². The van der Waals surface area contributed by atoms with Crippen LogP contribution in [0.25, 0.3) is 11.0 Å². The number of nitrogens with zero attached hydrogens (tertiary/aromatic N) is 4. The van der Waals surface area contributed by atoms with Gasteiger partial charge in [0.15, 0.2) is 5.96 Å². The largest absolute Gasteiger partial charge is 0.459 e. The minimum absolute atomic E-state index is 0. The zero-order valence-electron chi connectivity index (χ0n) is 18.5. The van der Waals surface area contributed by atoms with Gasteiger partial charge >= 0.3 is 0 Å². The normalized spacial score (nSPS) is 14.1. The van der Waals surface area contributed by atoms with Crippen molar-refractivity contribution in [1.82, 2.24) is 25.4 Å². The highest BCUT2D eigenvalue weighted by molar-refractivity contribution is 14.0. The van der Waals surface area contributed by atoms with Gasteiger partial charge in [0.1, 0.15) is 29.5 Å². The van der Waals surface area contributed by atoms with Gasteiger partial charge in [0.25, 0.3) is 0 Å². The summed E-state index contributed by atoms with van der Waals surface area (Å²) in [6.07, 6.45) is 6.73. The minimum atomic E-state index is 0. The van der Waals surface area contributed by atoms with E-state index >= 15 is 0 Å². The summed E-state index contributed by atoms with van der Waals surface area (Å²) in [4.78, 5) is 4.72. The molecule has 31 heavy (non-hydrogen) atoms. The predicted molar refractivity (Wildman–Crippen MR) is 135 cm³/mol. The Labute approximate surface area is 201 Å². The Morgan fingerprint density at radius 1 is 1.16 bits per heavy atom. The molecule has 2 N–H and O–H groups in total. The summed E-state index contributed by atoms with van der Waals surface area (Å²) in [6.45, 7) is 7.42. The number of hydrogen-bond donors (Lipinski definition) is 2. The molecule has 3 aromatic rings. The monoisotopic (exact) mass is 536 g/mol. The molecule has 7 nitrogen and oxygen atoms in total. The molecule has 3 heterocycles. The van der Waals surface area contributed by atoms with Gasteiger partial charge in [-0.1, -0.05) is 24.6 Å². The van der Waals surface area contributed by atoms with Crippen LogP contribution in [0.5, 0.6) is 0 Å². The van der Waals surface area contributed by atoms with E-state index in [4.69, 9.17) is 9.41 Å². The first-order valence-electron chi connectivity index (χ1n) is 11.2. The van der Waals surface area contributed by atoms with E-state index in [2.05, 4.69) is 45.3 Å². The van der Waals surface area contributed by atoms with Gasteiger partial charge in [0.2, 0.25) is 0 Å². The molecule has 168 valence electrons. The molecule has 0 bridgehead atoms. The number of guanidine groups is 1. The van der Waals surface area contributed by atoms with E-state index in [-0.39, 0.29) is 24.0 Å². The second kappa shape index (κ2) is 11.5. The lowest BCUT2D eigenvalue weighted by Gasteiger charge is -2.11. The number of benzene rings is 1. The molecule has 1 aliphatic heterocycles. The molecule has 0 spiro atoms. The first-order chi connectivity index (χ1) is 14.8. The van der Waals surface area contributed by atoms with E-state index in [1.165, 1.54) is 19.3 Å². The Balaban J connectivity index is 0.00000272. The standard InChI is InChI=1S/C23H32N6O.HI/c1-3-24-23(26-16-20-17(2)18-10-6-7-11-19(18)30-20)25-14-9-13-22-28-27-21-12-5-4-8-15-29(21)22;/h6-7,10-11H,3-5,8-9,12-16H2,1-2H3,(H2,24,25,26);1H. The van der Waals surface area contributed by atoms with Gasteiger partial charge in [-0.25, -0.2) is 4.99 Å². The first-order valence-corrected chi connectivity index (χ1v) is 11.2. The number of aryl methyl sites for hydroxylation is 3. The van der Waals surface area contributed by atoms with Crippen LogP contribution >= 0.6 is 24.0 Å². The molecule has 0 saturated heterocycles. The van der Waals surface area contributed by atoms with E-state index in [0.717, 1.165) is 78.8 Å². The lowest BCUT2D eigenvalue weighted by Crippen LogP contribution is -2.37. The first kappa shape index (κ1) is 23.6. The topological polar surface area (TPSA) is 80.3 Å². The Kier molecular flexibility index (Phi) is 8.74. The zero-order chi connectivity index (χ0) is 20.8. The molecule has 8 heteroatoms. The quantitative estimate of drug-likeness (QED) is 0.203. The van der Waals surface area contributed by atoms with Crippen molar-refractivity contribution in [1.29, 1.82) is 0 Å². The van der Waals surface area contributed by atoms with Crippen molar-refractivity contribution in [3.63, 3.8) is 0 Å². The lowest BCUT2D eigenvalue weighted by molar-refractivity contribution is 0.547. The molecule has 2 aromatic heterocycles. The number of nitrogens with one attached hydrogen (secondary N) is 2. The lowest BCUT2D eigenvalue weighted by atomic mass is 10.1. The molecule has 4 rings (SSSR count). The summed E-state index contributed by atoms with van der Waals surface area (Å²) < 4.78 is 8.31. The van der Waals surface area contributed by atoms with Gasteiger partial charge in [-0.2, -0.15) is 0 Å². The van der Waals surface area contributed by atoms with Crippen molar-refractivity contribution in [2.24, 2.45) is 4.99 Å². The molecule has 1 aliphatic rings. The van der Waals surface area contributed by atoms with Crippen molar-refractivity contribution >= 4 is 40.9 Å². The number of halogens is 1. The third kappa shape index (κ3) is 5.78. The van der Waals surface area contributed by atoms with Crippen LogP contribution in [-0.4, -0.2) is 33.8 Å². The number of aromatic nitrogens is 3. The number of rotatable bonds is 7. The van der Waals surface area contributed by atoms with Gasteiger partial charge < -0.3 is 19.6 Å². The van der Waals surface area contributed by atoms with Crippen LogP contribution in [0.1, 0.15) is 55.6 Å². The van der Waals surface area contributed by atoms with Crippen LogP contribution in [0.2, 0.25) is 0 Å². The van der Waals surface area contributed by atoms with E-state index < -0.39 is 0 Å². The van der Waals surface area contributed by atoms with E-state index in [9.17, 15) is 0 Å². The van der Waals surface area contributed by atoms with Gasteiger partial charge in [-0.15, -0.1) is 34.2 Å². The van der Waals surface area contributed by atoms with Crippen molar-refractivity contribution in [3.05, 3.63) is 47.2 Å². The Morgan fingerprint density at radius 3 is 2.87 bits per heavy atom. The van der Waals surface area contributed by atoms with Gasteiger partial charge in [-0.05, 0) is 39.2 Å². The van der Waals surface area contributed by atoms with Crippen molar-refractivity contribution in [2.75, 3.05) is 13.1 Å². The van der Waals surface area contributed by atoms with Gasteiger partial charge in [0, 0.05) is 43.4 Å². The number of furan rings is 1. The summed E-state index contributed by atoms with van der Waals surface area (Å²) in [7, 11) is 0. The predicted octanol–water partition coefficient (Wildman–Crippen LogP) is 4.37. The maximum atomic E-state index is 5.98. The summed E-state index contributed by atoms with van der Waals surface area (Å²) in [5.41, 5.74) is 2.09. The maximum absolute atomic E-state index is 5.98. The molecule has 0 unspecified atom stereocenters. The Hall–Kier alpha value is -2.10. The smallest absolute Gasteiger partial charge is 0.191 e. The Bertz CT molecular complexity index is 1010. The van der Waals surface area contributed by atoms with Crippen molar-refractivity contribution in [3.8, 4) is 0 Å². The average Bonchev–Trinajstić information content (AvgIpc) is 3.19. The third-order valence-corrected chi connectivity index (χ3v) is 5.72. The van der Waals surface area contributed by atoms with E-state index in [1.54, 1.807) is 0 Å².